The van der Waals surface area contributed by atoms with Crippen molar-refractivity contribution in [3.63, 3.8) is 0 Å². The normalized spacial score (nSPS) is 12.0. The molecule has 0 aliphatic rings. The summed E-state index contributed by atoms with van der Waals surface area (Å²) in [5.74, 6) is -0.403. The first kappa shape index (κ1) is 14.0. The van der Waals surface area contributed by atoms with Gasteiger partial charge in [0, 0.05) is 24.5 Å². The number of H-pyrrole nitrogens is 1. The highest BCUT2D eigenvalue weighted by molar-refractivity contribution is 7.89. The molecule has 0 unspecified atom stereocenters. The van der Waals surface area contributed by atoms with Crippen LogP contribution in [0.15, 0.2) is 35.5 Å². The third kappa shape index (κ3) is 2.94. The molecule has 0 atom stereocenters. The summed E-state index contributed by atoms with van der Waals surface area (Å²) in [5, 5.41) is 0.144. The second kappa shape index (κ2) is 5.28. The van der Waals surface area contributed by atoms with Crippen molar-refractivity contribution in [2.24, 2.45) is 0 Å². The van der Waals surface area contributed by atoms with E-state index < -0.39 is 20.7 Å². The maximum atomic E-state index is 13.7. The predicted octanol–water partition coefficient (Wildman–Crippen LogP) is 2.02. The van der Waals surface area contributed by atoms with E-state index in [1.165, 1.54) is 19.3 Å². The van der Waals surface area contributed by atoms with Crippen LogP contribution in [-0.2, 0) is 16.6 Å². The number of hydrogen-bond acceptors (Lipinski definition) is 3. The fourth-order valence-corrected chi connectivity index (χ4v) is 2.86. The third-order valence-electron chi connectivity index (χ3n) is 2.51. The van der Waals surface area contributed by atoms with Crippen LogP contribution in [0.2, 0.25) is 5.02 Å². The zero-order valence-corrected chi connectivity index (χ0v) is 11.5. The van der Waals surface area contributed by atoms with Gasteiger partial charge in [-0.15, -0.1) is 0 Å². The maximum absolute atomic E-state index is 13.7. The van der Waals surface area contributed by atoms with Crippen molar-refractivity contribution in [1.29, 1.82) is 0 Å². The molecule has 0 spiro atoms. The summed E-state index contributed by atoms with van der Waals surface area (Å²) in [6.07, 6.45) is 3.09. The third-order valence-corrected chi connectivity index (χ3v) is 4.58. The lowest BCUT2D eigenvalue weighted by molar-refractivity contribution is 0.452. The number of nitrogens with one attached hydrogen (secondary N) is 1. The largest absolute Gasteiger partial charge is 0.347 e. The topological polar surface area (TPSA) is 66.1 Å². The predicted molar refractivity (Wildman–Crippen MR) is 68.7 cm³/mol. The lowest BCUT2D eigenvalue weighted by atomic mass is 10.3. The van der Waals surface area contributed by atoms with E-state index in [1.807, 2.05) is 0 Å². The number of halogens is 2. The molecule has 1 heterocycles. The molecule has 0 fully saturated rings. The van der Waals surface area contributed by atoms with Gasteiger partial charge in [0.25, 0.3) is 0 Å². The summed E-state index contributed by atoms with van der Waals surface area (Å²) in [5.41, 5.74) is 0. The zero-order valence-electron chi connectivity index (χ0n) is 9.97. The molecular weight excluding hydrogens is 293 g/mol. The summed E-state index contributed by atoms with van der Waals surface area (Å²) in [4.78, 5) is 6.30. The van der Waals surface area contributed by atoms with E-state index in [4.69, 9.17) is 11.6 Å². The Bertz CT molecular complexity index is 673. The van der Waals surface area contributed by atoms with Crippen LogP contribution in [0, 0.1) is 5.82 Å². The smallest absolute Gasteiger partial charge is 0.246 e. The van der Waals surface area contributed by atoms with Crippen LogP contribution < -0.4 is 0 Å². The van der Waals surface area contributed by atoms with Gasteiger partial charge in [-0.2, -0.15) is 4.31 Å². The van der Waals surface area contributed by atoms with Crippen molar-refractivity contribution in [3.05, 3.63) is 47.3 Å². The SMILES string of the molecule is CN(Cc1ncc[nH]1)S(=O)(=O)c1ccc(Cl)cc1F. The van der Waals surface area contributed by atoms with Gasteiger partial charge in [-0.3, -0.25) is 0 Å². The van der Waals surface area contributed by atoms with E-state index in [0.29, 0.717) is 5.82 Å². The molecule has 2 rings (SSSR count). The fourth-order valence-electron chi connectivity index (χ4n) is 1.53. The Hall–Kier alpha value is -1.44. The van der Waals surface area contributed by atoms with Crippen LogP contribution in [0.4, 0.5) is 4.39 Å². The second-order valence-corrected chi connectivity index (χ2v) is 6.32. The molecule has 0 radical (unpaired) electrons. The Kier molecular flexibility index (Phi) is 3.88. The molecule has 0 saturated heterocycles. The molecule has 5 nitrogen and oxygen atoms in total. The molecular formula is C11H11ClFN3O2S. The number of sulfonamides is 1. The molecule has 1 aromatic heterocycles. The molecule has 0 aliphatic carbocycles. The van der Waals surface area contributed by atoms with Gasteiger partial charge in [0.2, 0.25) is 10.0 Å². The average molecular weight is 304 g/mol. The molecule has 102 valence electrons. The number of imidazole rings is 1. The number of nitrogens with zero attached hydrogens (tertiary/aromatic N) is 2. The fraction of sp³-hybridized carbons (Fsp3) is 0.182. The highest BCUT2D eigenvalue weighted by Gasteiger charge is 2.25. The quantitative estimate of drug-likeness (QED) is 0.939. The van der Waals surface area contributed by atoms with Crippen molar-refractivity contribution in [2.75, 3.05) is 7.05 Å². The first-order chi connectivity index (χ1) is 8.91. The van der Waals surface area contributed by atoms with Crippen molar-refractivity contribution in [1.82, 2.24) is 14.3 Å². The van der Waals surface area contributed by atoms with Crippen LogP contribution in [0.1, 0.15) is 5.82 Å². The van der Waals surface area contributed by atoms with E-state index in [9.17, 15) is 12.8 Å². The summed E-state index contributed by atoms with van der Waals surface area (Å²) in [7, 11) is -2.57. The van der Waals surface area contributed by atoms with Crippen molar-refractivity contribution in [2.45, 2.75) is 11.4 Å². The molecule has 1 aromatic carbocycles. The Morgan fingerprint density at radius 2 is 2.21 bits per heavy atom. The van der Waals surface area contributed by atoms with Gasteiger partial charge in [0.1, 0.15) is 16.5 Å². The van der Waals surface area contributed by atoms with E-state index in [1.54, 1.807) is 6.20 Å². The maximum Gasteiger partial charge on any atom is 0.246 e. The molecule has 0 bridgehead atoms. The summed E-state index contributed by atoms with van der Waals surface area (Å²) in [6.45, 7) is 0.0252. The Morgan fingerprint density at radius 1 is 1.47 bits per heavy atom. The minimum Gasteiger partial charge on any atom is -0.347 e. The number of rotatable bonds is 4. The van der Waals surface area contributed by atoms with Crippen LogP contribution >= 0.6 is 11.6 Å². The van der Waals surface area contributed by atoms with Gasteiger partial charge in [-0.1, -0.05) is 11.6 Å². The number of hydrogen-bond donors (Lipinski definition) is 1. The van der Waals surface area contributed by atoms with Gasteiger partial charge >= 0.3 is 0 Å². The first-order valence-electron chi connectivity index (χ1n) is 5.31. The second-order valence-electron chi connectivity index (χ2n) is 3.87. The lowest BCUT2D eigenvalue weighted by Gasteiger charge is -2.16. The Morgan fingerprint density at radius 3 is 2.79 bits per heavy atom. The van der Waals surface area contributed by atoms with Gasteiger partial charge in [-0.25, -0.2) is 17.8 Å². The van der Waals surface area contributed by atoms with Crippen molar-refractivity contribution in [3.8, 4) is 0 Å². The molecule has 0 saturated carbocycles. The minimum atomic E-state index is -3.92. The van der Waals surface area contributed by atoms with Gasteiger partial charge < -0.3 is 4.98 Å². The standard InChI is InChI=1S/C11H11ClFN3O2S/c1-16(7-11-14-4-5-15-11)19(17,18)10-3-2-8(12)6-9(10)13/h2-6H,7H2,1H3,(H,14,15). The van der Waals surface area contributed by atoms with Crippen LogP contribution in [0.5, 0.6) is 0 Å². The molecule has 0 aliphatic heterocycles. The average Bonchev–Trinajstić information content (AvgIpc) is 2.81. The summed E-state index contributed by atoms with van der Waals surface area (Å²) in [6, 6.07) is 3.44. The highest BCUT2D eigenvalue weighted by atomic mass is 35.5. The Balaban J connectivity index is 2.31. The van der Waals surface area contributed by atoms with E-state index >= 15 is 0 Å². The summed E-state index contributed by atoms with van der Waals surface area (Å²) >= 11 is 5.60. The minimum absolute atomic E-state index is 0.0252. The molecule has 0 amide bonds. The molecule has 8 heteroatoms. The van der Waals surface area contributed by atoms with Crippen LogP contribution in [0.25, 0.3) is 0 Å². The van der Waals surface area contributed by atoms with E-state index in [0.717, 1.165) is 16.4 Å². The van der Waals surface area contributed by atoms with Crippen molar-refractivity contribution >= 4 is 21.6 Å². The summed E-state index contributed by atoms with van der Waals surface area (Å²) < 4.78 is 39.1. The van der Waals surface area contributed by atoms with Crippen molar-refractivity contribution < 1.29 is 12.8 Å². The number of aromatic nitrogens is 2. The van der Waals surface area contributed by atoms with Crippen LogP contribution in [-0.4, -0.2) is 29.7 Å². The van der Waals surface area contributed by atoms with Gasteiger partial charge in [-0.05, 0) is 18.2 Å². The zero-order chi connectivity index (χ0) is 14.0. The highest BCUT2D eigenvalue weighted by Crippen LogP contribution is 2.22. The van der Waals surface area contributed by atoms with Gasteiger partial charge in [0.05, 0.1) is 6.54 Å². The number of benzene rings is 1. The van der Waals surface area contributed by atoms with E-state index in [-0.39, 0.29) is 11.6 Å². The van der Waals surface area contributed by atoms with Gasteiger partial charge in [0.15, 0.2) is 0 Å². The van der Waals surface area contributed by atoms with E-state index in [2.05, 4.69) is 9.97 Å². The Labute approximate surface area is 115 Å². The molecule has 19 heavy (non-hydrogen) atoms. The first-order valence-corrected chi connectivity index (χ1v) is 7.12. The molecule has 1 N–H and O–H groups in total. The number of aromatic amines is 1. The monoisotopic (exact) mass is 303 g/mol. The molecule has 2 aromatic rings. The lowest BCUT2D eigenvalue weighted by Crippen LogP contribution is -2.27. The van der Waals surface area contributed by atoms with Crippen LogP contribution in [0.3, 0.4) is 0 Å².